The molecule has 6 nitrogen and oxygen atoms in total. The molecule has 1 atom stereocenters. The van der Waals surface area contributed by atoms with Gasteiger partial charge in [-0.05, 0) is 18.6 Å². The summed E-state index contributed by atoms with van der Waals surface area (Å²) in [4.78, 5) is 18.8. The van der Waals surface area contributed by atoms with Crippen molar-refractivity contribution in [1.82, 2.24) is 24.8 Å². The number of nitrogens with zero attached hydrogens (tertiary/aromatic N) is 5. The van der Waals surface area contributed by atoms with Crippen LogP contribution in [0.1, 0.15) is 12.6 Å². The molecule has 5 heterocycles. The van der Waals surface area contributed by atoms with Crippen molar-refractivity contribution in [3.63, 3.8) is 0 Å². The monoisotopic (exact) mass is 324 g/mol. The minimum Gasteiger partial charge on any atom is -0.368 e. The maximum atomic E-state index is 4.68. The molecule has 0 aliphatic carbocycles. The summed E-state index contributed by atoms with van der Waals surface area (Å²) in [6.07, 6.45) is 2.67. The van der Waals surface area contributed by atoms with E-state index in [9.17, 15) is 0 Å². The van der Waals surface area contributed by atoms with E-state index < -0.39 is 0 Å². The number of pyridine rings is 1. The Morgan fingerprint density at radius 1 is 1.17 bits per heavy atom. The fraction of sp³-hybridized carbons (Fsp3) is 0.500. The van der Waals surface area contributed by atoms with Gasteiger partial charge in [0.05, 0.1) is 0 Å². The number of nitrogens with one attached hydrogen (secondary N) is 1. The maximum absolute atomic E-state index is 4.68. The third-order valence-corrected chi connectivity index (χ3v) is 4.95. The van der Waals surface area contributed by atoms with Crippen molar-refractivity contribution in [1.29, 1.82) is 0 Å². The highest BCUT2D eigenvalue weighted by Gasteiger charge is 2.31. The quantitative estimate of drug-likeness (QED) is 0.900. The fourth-order valence-corrected chi connectivity index (χ4v) is 3.52. The molecule has 3 aliphatic heterocycles. The summed E-state index contributed by atoms with van der Waals surface area (Å²) in [5, 5.41) is 3.54. The van der Waals surface area contributed by atoms with Gasteiger partial charge in [0.25, 0.3) is 0 Å². The Morgan fingerprint density at radius 3 is 2.71 bits per heavy atom. The van der Waals surface area contributed by atoms with E-state index in [1.54, 1.807) is 6.20 Å². The standard InChI is InChI=1S/C18H24N6/c1-2-14-11-17(22-18(21-14)16-5-3-4-6-19-16)20-12-15-13-23-7-9-24(15)10-8-23/h3-6,11,15H,2,7-10,12-13H2,1H3,(H,20,21,22). The summed E-state index contributed by atoms with van der Waals surface area (Å²) in [7, 11) is 0. The molecule has 2 aromatic rings. The number of anilines is 1. The van der Waals surface area contributed by atoms with E-state index in [4.69, 9.17) is 0 Å². The fourth-order valence-electron chi connectivity index (χ4n) is 3.52. The summed E-state index contributed by atoms with van der Waals surface area (Å²) < 4.78 is 0. The van der Waals surface area contributed by atoms with Gasteiger partial charge in [-0.15, -0.1) is 0 Å². The van der Waals surface area contributed by atoms with Gasteiger partial charge in [-0.1, -0.05) is 13.0 Å². The Hall–Kier alpha value is -2.05. The van der Waals surface area contributed by atoms with Crippen LogP contribution >= 0.6 is 0 Å². The van der Waals surface area contributed by atoms with E-state index in [1.165, 1.54) is 26.2 Å². The van der Waals surface area contributed by atoms with E-state index >= 15 is 0 Å². The molecule has 0 radical (unpaired) electrons. The largest absolute Gasteiger partial charge is 0.368 e. The number of hydrogen-bond acceptors (Lipinski definition) is 6. The molecule has 0 spiro atoms. The first-order valence-corrected chi connectivity index (χ1v) is 8.81. The first-order valence-electron chi connectivity index (χ1n) is 8.81. The summed E-state index contributed by atoms with van der Waals surface area (Å²) in [5.41, 5.74) is 1.87. The smallest absolute Gasteiger partial charge is 0.180 e. The average molecular weight is 324 g/mol. The summed E-state index contributed by atoms with van der Waals surface area (Å²) in [6, 6.07) is 8.47. The third-order valence-electron chi connectivity index (χ3n) is 4.95. The number of piperazine rings is 3. The van der Waals surface area contributed by atoms with Gasteiger partial charge < -0.3 is 5.32 Å². The van der Waals surface area contributed by atoms with E-state index in [2.05, 4.69) is 43.1 Å². The van der Waals surface area contributed by atoms with Gasteiger partial charge in [0, 0.05) is 63.3 Å². The molecule has 126 valence electrons. The Balaban J connectivity index is 1.50. The van der Waals surface area contributed by atoms with Gasteiger partial charge in [-0.3, -0.25) is 14.8 Å². The Bertz CT molecular complexity index is 681. The third kappa shape index (κ3) is 3.25. The average Bonchev–Trinajstić information content (AvgIpc) is 2.68. The first kappa shape index (κ1) is 15.5. The number of aromatic nitrogens is 3. The van der Waals surface area contributed by atoms with Crippen molar-refractivity contribution >= 4 is 5.82 Å². The maximum Gasteiger partial charge on any atom is 0.180 e. The zero-order chi connectivity index (χ0) is 16.4. The van der Waals surface area contributed by atoms with Crippen LogP contribution in [0.3, 0.4) is 0 Å². The molecule has 2 aromatic heterocycles. The summed E-state index contributed by atoms with van der Waals surface area (Å²) in [6.45, 7) is 9.02. The molecule has 6 heteroatoms. The predicted molar refractivity (Wildman–Crippen MR) is 94.9 cm³/mol. The number of aryl methyl sites for hydroxylation is 1. The van der Waals surface area contributed by atoms with Crippen molar-refractivity contribution in [3.8, 4) is 11.5 Å². The Kier molecular flexibility index (Phi) is 4.40. The molecular weight excluding hydrogens is 300 g/mol. The van der Waals surface area contributed by atoms with Gasteiger partial charge in [-0.25, -0.2) is 9.97 Å². The predicted octanol–water partition coefficient (Wildman–Crippen LogP) is 1.51. The molecule has 0 amide bonds. The number of hydrogen-bond donors (Lipinski definition) is 1. The van der Waals surface area contributed by atoms with Gasteiger partial charge in [0.15, 0.2) is 5.82 Å². The topological polar surface area (TPSA) is 57.2 Å². The molecule has 1 unspecified atom stereocenters. The van der Waals surface area contributed by atoms with E-state index in [0.717, 1.165) is 36.7 Å². The van der Waals surface area contributed by atoms with Crippen molar-refractivity contribution in [2.45, 2.75) is 19.4 Å². The van der Waals surface area contributed by atoms with Crippen LogP contribution in [0.15, 0.2) is 30.5 Å². The van der Waals surface area contributed by atoms with E-state index in [-0.39, 0.29) is 0 Å². The van der Waals surface area contributed by atoms with Crippen LogP contribution in [0.5, 0.6) is 0 Å². The molecule has 1 N–H and O–H groups in total. The molecule has 0 aromatic carbocycles. The lowest BCUT2D eigenvalue weighted by atomic mass is 10.1. The lowest BCUT2D eigenvalue weighted by Crippen LogP contribution is -2.62. The highest BCUT2D eigenvalue weighted by molar-refractivity contribution is 5.53. The molecule has 5 rings (SSSR count). The minimum absolute atomic E-state index is 0.575. The van der Waals surface area contributed by atoms with Gasteiger partial charge in [-0.2, -0.15) is 0 Å². The zero-order valence-corrected chi connectivity index (χ0v) is 14.1. The van der Waals surface area contributed by atoms with Crippen molar-refractivity contribution in [2.24, 2.45) is 0 Å². The molecule has 2 bridgehead atoms. The second-order valence-corrected chi connectivity index (χ2v) is 6.51. The molecule has 3 saturated heterocycles. The molecule has 0 saturated carbocycles. The lowest BCUT2D eigenvalue weighted by molar-refractivity contribution is 0.0189. The van der Waals surface area contributed by atoms with Crippen LogP contribution < -0.4 is 5.32 Å². The van der Waals surface area contributed by atoms with Crippen LogP contribution in [0.25, 0.3) is 11.5 Å². The van der Waals surface area contributed by atoms with Crippen LogP contribution in [-0.4, -0.2) is 70.1 Å². The highest BCUT2D eigenvalue weighted by Crippen LogP contribution is 2.18. The number of rotatable bonds is 5. The van der Waals surface area contributed by atoms with E-state index in [0.29, 0.717) is 11.9 Å². The number of fused-ring (bicyclic) bond motifs is 3. The van der Waals surface area contributed by atoms with Crippen LogP contribution in [0.4, 0.5) is 5.82 Å². The SMILES string of the molecule is CCc1cc(NCC2CN3CCN2CC3)nc(-c2ccccn2)n1. The van der Waals surface area contributed by atoms with E-state index in [1.807, 2.05) is 18.2 Å². The van der Waals surface area contributed by atoms with Gasteiger partial charge in [0.2, 0.25) is 0 Å². The van der Waals surface area contributed by atoms with Crippen LogP contribution in [0.2, 0.25) is 0 Å². The first-order chi connectivity index (χ1) is 11.8. The summed E-state index contributed by atoms with van der Waals surface area (Å²) >= 11 is 0. The Morgan fingerprint density at radius 2 is 2.04 bits per heavy atom. The zero-order valence-electron chi connectivity index (χ0n) is 14.1. The summed E-state index contributed by atoms with van der Waals surface area (Å²) in [5.74, 6) is 1.60. The van der Waals surface area contributed by atoms with Crippen molar-refractivity contribution in [2.75, 3.05) is 44.6 Å². The van der Waals surface area contributed by atoms with Crippen LogP contribution in [-0.2, 0) is 6.42 Å². The second kappa shape index (κ2) is 6.83. The molecular formula is C18H24N6. The normalized spacial score (nSPS) is 25.6. The van der Waals surface area contributed by atoms with Gasteiger partial charge in [0.1, 0.15) is 11.5 Å². The minimum atomic E-state index is 0.575. The van der Waals surface area contributed by atoms with Crippen molar-refractivity contribution < 1.29 is 0 Å². The van der Waals surface area contributed by atoms with Crippen molar-refractivity contribution in [3.05, 3.63) is 36.2 Å². The lowest BCUT2D eigenvalue weighted by Gasteiger charge is -2.47. The van der Waals surface area contributed by atoms with Crippen LogP contribution in [0, 0.1) is 0 Å². The highest BCUT2D eigenvalue weighted by atomic mass is 15.3. The Labute approximate surface area is 142 Å². The molecule has 3 fully saturated rings. The van der Waals surface area contributed by atoms with Gasteiger partial charge >= 0.3 is 0 Å². The second-order valence-electron chi connectivity index (χ2n) is 6.51. The molecule has 24 heavy (non-hydrogen) atoms. The molecule has 3 aliphatic rings.